The number of hydrogen-bond acceptors (Lipinski definition) is 5. The lowest BCUT2D eigenvalue weighted by molar-refractivity contribution is -0.125. The van der Waals surface area contributed by atoms with E-state index in [0.717, 1.165) is 63.2 Å². The van der Waals surface area contributed by atoms with Gasteiger partial charge in [0.05, 0.1) is 6.61 Å². The van der Waals surface area contributed by atoms with Gasteiger partial charge in [-0.3, -0.25) is 4.79 Å². The minimum absolute atomic E-state index is 0.0907. The molecular weight excluding hydrogens is 306 g/mol. The van der Waals surface area contributed by atoms with E-state index in [2.05, 4.69) is 15.2 Å². The smallest absolute Gasteiger partial charge is 0.298 e. The summed E-state index contributed by atoms with van der Waals surface area (Å²) in [7, 11) is 0. The molecular formula is C18H23N3O3. The number of carbonyl (C=O) groups excluding carboxylic acids is 1. The molecule has 0 bridgehead atoms. The number of hydrogen-bond donors (Lipinski definition) is 1. The first-order valence-electron chi connectivity index (χ1n) is 8.75. The third-order valence-electron chi connectivity index (χ3n) is 5.01. The monoisotopic (exact) mass is 329 g/mol. The largest absolute Gasteiger partial charge is 0.423 e. The van der Waals surface area contributed by atoms with Crippen LogP contribution in [0.15, 0.2) is 28.7 Å². The van der Waals surface area contributed by atoms with E-state index in [1.54, 1.807) is 0 Å². The van der Waals surface area contributed by atoms with E-state index in [1.165, 1.54) is 0 Å². The Hall–Kier alpha value is -2.08. The Morgan fingerprint density at radius 1 is 1.25 bits per heavy atom. The minimum atomic E-state index is 0.0907. The molecule has 1 aromatic heterocycles. The van der Waals surface area contributed by atoms with Gasteiger partial charge in [0.1, 0.15) is 5.52 Å². The fourth-order valence-electron chi connectivity index (χ4n) is 3.46. The number of nitrogens with one attached hydrogen (secondary N) is 1. The third kappa shape index (κ3) is 3.24. The van der Waals surface area contributed by atoms with E-state index in [4.69, 9.17) is 9.15 Å². The minimum Gasteiger partial charge on any atom is -0.423 e. The Balaban J connectivity index is 1.30. The van der Waals surface area contributed by atoms with Gasteiger partial charge in [-0.25, -0.2) is 0 Å². The first kappa shape index (κ1) is 15.4. The molecule has 1 N–H and O–H groups in total. The van der Waals surface area contributed by atoms with Crippen LogP contribution in [-0.2, 0) is 9.53 Å². The summed E-state index contributed by atoms with van der Waals surface area (Å²) >= 11 is 0. The summed E-state index contributed by atoms with van der Waals surface area (Å²) in [5, 5.41) is 3.09. The maximum Gasteiger partial charge on any atom is 0.298 e. The number of ether oxygens (including phenoxy) is 1. The van der Waals surface area contributed by atoms with Gasteiger partial charge in [0.25, 0.3) is 6.01 Å². The molecule has 2 fully saturated rings. The number of aromatic nitrogens is 1. The normalized spacial score (nSPS) is 22.2. The van der Waals surface area contributed by atoms with Crippen LogP contribution in [-0.4, -0.2) is 43.7 Å². The Labute approximate surface area is 141 Å². The number of rotatable bonds is 4. The van der Waals surface area contributed by atoms with Crippen LogP contribution in [0.1, 0.15) is 19.3 Å². The van der Waals surface area contributed by atoms with E-state index >= 15 is 0 Å². The summed E-state index contributed by atoms with van der Waals surface area (Å²) in [5.41, 5.74) is 1.69. The second-order valence-corrected chi connectivity index (χ2v) is 6.70. The maximum atomic E-state index is 12.3. The molecule has 1 unspecified atom stereocenters. The molecule has 24 heavy (non-hydrogen) atoms. The van der Waals surface area contributed by atoms with Gasteiger partial charge in [0, 0.05) is 38.1 Å². The Bertz CT molecular complexity index is 667. The van der Waals surface area contributed by atoms with Crippen molar-refractivity contribution in [2.45, 2.75) is 19.3 Å². The fourth-order valence-corrected chi connectivity index (χ4v) is 3.46. The third-order valence-corrected chi connectivity index (χ3v) is 5.01. The molecule has 2 aliphatic rings. The lowest BCUT2D eigenvalue weighted by atomic mass is 9.96. The second-order valence-electron chi connectivity index (χ2n) is 6.70. The summed E-state index contributed by atoms with van der Waals surface area (Å²) in [6, 6.07) is 8.45. The van der Waals surface area contributed by atoms with E-state index in [-0.39, 0.29) is 11.8 Å². The summed E-state index contributed by atoms with van der Waals surface area (Å²) in [6.07, 6.45) is 2.73. The van der Waals surface area contributed by atoms with Crippen molar-refractivity contribution < 1.29 is 13.9 Å². The number of oxazole rings is 1. The maximum absolute atomic E-state index is 12.3. The van der Waals surface area contributed by atoms with Gasteiger partial charge in [-0.2, -0.15) is 4.98 Å². The lowest BCUT2D eigenvalue weighted by Gasteiger charge is -2.30. The van der Waals surface area contributed by atoms with Gasteiger partial charge in [-0.15, -0.1) is 0 Å². The van der Waals surface area contributed by atoms with Crippen LogP contribution < -0.4 is 10.2 Å². The van der Waals surface area contributed by atoms with Gasteiger partial charge in [-0.05, 0) is 31.4 Å². The highest BCUT2D eigenvalue weighted by Crippen LogP contribution is 2.26. The summed E-state index contributed by atoms with van der Waals surface area (Å²) in [4.78, 5) is 19.0. The molecule has 128 valence electrons. The van der Waals surface area contributed by atoms with Gasteiger partial charge in [-0.1, -0.05) is 12.1 Å². The predicted molar refractivity (Wildman–Crippen MR) is 90.9 cm³/mol. The number of nitrogens with zero attached hydrogens (tertiary/aromatic N) is 2. The molecule has 6 nitrogen and oxygen atoms in total. The molecule has 1 amide bonds. The number of anilines is 1. The van der Waals surface area contributed by atoms with Gasteiger partial charge in [0.2, 0.25) is 5.91 Å². The zero-order valence-electron chi connectivity index (χ0n) is 13.7. The number of piperidine rings is 1. The van der Waals surface area contributed by atoms with Crippen molar-refractivity contribution >= 4 is 23.0 Å². The Kier molecular flexibility index (Phi) is 4.38. The van der Waals surface area contributed by atoms with Crippen molar-refractivity contribution in [1.82, 2.24) is 10.3 Å². The summed E-state index contributed by atoms with van der Waals surface area (Å²) in [6.45, 7) is 3.94. The SMILES string of the molecule is O=C(NCC1CCOC1)C1CCN(c2nc3ccccc3o2)CC1. The molecule has 0 spiro atoms. The highest BCUT2D eigenvalue weighted by Gasteiger charge is 2.27. The number of amides is 1. The van der Waals surface area contributed by atoms with E-state index in [0.29, 0.717) is 11.9 Å². The van der Waals surface area contributed by atoms with Crippen molar-refractivity contribution in [2.75, 3.05) is 37.7 Å². The average molecular weight is 329 g/mol. The van der Waals surface area contributed by atoms with Crippen molar-refractivity contribution in [1.29, 1.82) is 0 Å². The zero-order valence-corrected chi connectivity index (χ0v) is 13.7. The van der Waals surface area contributed by atoms with Crippen LogP contribution in [0.5, 0.6) is 0 Å². The Morgan fingerprint density at radius 3 is 2.83 bits per heavy atom. The molecule has 0 aliphatic carbocycles. The predicted octanol–water partition coefficient (Wildman–Crippen LogP) is 2.20. The number of para-hydroxylation sites is 2. The average Bonchev–Trinajstić information content (AvgIpc) is 3.29. The summed E-state index contributed by atoms with van der Waals surface area (Å²) < 4.78 is 11.2. The lowest BCUT2D eigenvalue weighted by Crippen LogP contribution is -2.41. The zero-order chi connectivity index (χ0) is 16.4. The van der Waals surface area contributed by atoms with Crippen LogP contribution in [0.2, 0.25) is 0 Å². The number of fused-ring (bicyclic) bond motifs is 1. The van der Waals surface area contributed by atoms with Gasteiger partial charge in [0.15, 0.2) is 5.58 Å². The molecule has 6 heteroatoms. The van der Waals surface area contributed by atoms with E-state index < -0.39 is 0 Å². The molecule has 4 rings (SSSR count). The molecule has 0 saturated carbocycles. The first-order chi connectivity index (χ1) is 11.8. The van der Waals surface area contributed by atoms with Crippen LogP contribution in [0, 0.1) is 11.8 Å². The van der Waals surface area contributed by atoms with Gasteiger partial charge < -0.3 is 19.4 Å². The van der Waals surface area contributed by atoms with Crippen LogP contribution in [0.3, 0.4) is 0 Å². The molecule has 3 heterocycles. The summed E-state index contributed by atoms with van der Waals surface area (Å²) in [5.74, 6) is 0.751. The van der Waals surface area contributed by atoms with E-state index in [1.807, 2.05) is 24.3 Å². The van der Waals surface area contributed by atoms with Crippen LogP contribution >= 0.6 is 0 Å². The highest BCUT2D eigenvalue weighted by atomic mass is 16.5. The van der Waals surface area contributed by atoms with Crippen molar-refractivity contribution in [2.24, 2.45) is 11.8 Å². The van der Waals surface area contributed by atoms with Gasteiger partial charge >= 0.3 is 0 Å². The molecule has 1 aromatic carbocycles. The standard InChI is InChI=1S/C18H23N3O3/c22-17(19-11-13-7-10-23-12-13)14-5-8-21(9-6-14)18-20-15-3-1-2-4-16(15)24-18/h1-4,13-14H,5-12H2,(H,19,22). The molecule has 2 aromatic rings. The van der Waals surface area contributed by atoms with Crippen LogP contribution in [0.25, 0.3) is 11.1 Å². The molecule has 0 radical (unpaired) electrons. The fraction of sp³-hybridized carbons (Fsp3) is 0.556. The van der Waals surface area contributed by atoms with Crippen molar-refractivity contribution in [3.63, 3.8) is 0 Å². The van der Waals surface area contributed by atoms with Crippen molar-refractivity contribution in [3.05, 3.63) is 24.3 Å². The Morgan fingerprint density at radius 2 is 2.08 bits per heavy atom. The highest BCUT2D eigenvalue weighted by molar-refractivity contribution is 5.79. The number of benzene rings is 1. The molecule has 1 atom stereocenters. The van der Waals surface area contributed by atoms with Crippen molar-refractivity contribution in [3.8, 4) is 0 Å². The number of carbonyl (C=O) groups is 1. The first-order valence-corrected chi connectivity index (χ1v) is 8.75. The van der Waals surface area contributed by atoms with Crippen LogP contribution in [0.4, 0.5) is 6.01 Å². The molecule has 2 aliphatic heterocycles. The topological polar surface area (TPSA) is 67.6 Å². The quantitative estimate of drug-likeness (QED) is 0.931. The second kappa shape index (κ2) is 6.81. The molecule has 2 saturated heterocycles. The van der Waals surface area contributed by atoms with E-state index in [9.17, 15) is 4.79 Å².